The van der Waals surface area contributed by atoms with E-state index in [1.807, 2.05) is 0 Å². The van der Waals surface area contributed by atoms with E-state index in [-0.39, 0.29) is 17.0 Å². The molecule has 0 unspecified atom stereocenters. The smallest absolute Gasteiger partial charge is 0.481 e. The van der Waals surface area contributed by atoms with Crippen molar-refractivity contribution in [2.24, 2.45) is 0 Å². The van der Waals surface area contributed by atoms with Gasteiger partial charge in [0.25, 0.3) is 0 Å². The van der Waals surface area contributed by atoms with Crippen molar-refractivity contribution < 1.29 is 32.2 Å². The standard InChI is InChI=1S/C10H10F3NO4/c1-5-6(9(15)17-3)4-7(16-2)14-8(5)18-10(11,12)13/h4H,1-3H3. The predicted molar refractivity (Wildman–Crippen MR) is 53.5 cm³/mol. The Hall–Kier alpha value is -1.99. The van der Waals surface area contributed by atoms with E-state index in [1.54, 1.807) is 0 Å². The van der Waals surface area contributed by atoms with Gasteiger partial charge < -0.3 is 14.2 Å². The summed E-state index contributed by atoms with van der Waals surface area (Å²) in [6.07, 6.45) is -4.91. The molecular formula is C10H10F3NO4. The lowest BCUT2D eigenvalue weighted by atomic mass is 10.1. The Morgan fingerprint density at radius 3 is 2.39 bits per heavy atom. The molecule has 0 fully saturated rings. The number of methoxy groups -OCH3 is 2. The van der Waals surface area contributed by atoms with E-state index in [2.05, 4.69) is 14.5 Å². The van der Waals surface area contributed by atoms with Crippen LogP contribution in [0, 0.1) is 6.92 Å². The average molecular weight is 265 g/mol. The maximum atomic E-state index is 12.2. The number of aromatic nitrogens is 1. The fourth-order valence-corrected chi connectivity index (χ4v) is 1.20. The summed E-state index contributed by atoms with van der Waals surface area (Å²) in [6, 6.07) is 1.17. The molecule has 8 heteroatoms. The summed E-state index contributed by atoms with van der Waals surface area (Å²) in [5.41, 5.74) is -0.191. The van der Waals surface area contributed by atoms with Gasteiger partial charge in [-0.3, -0.25) is 0 Å². The molecular weight excluding hydrogens is 255 g/mol. The maximum Gasteiger partial charge on any atom is 0.574 e. The van der Waals surface area contributed by atoms with Gasteiger partial charge >= 0.3 is 12.3 Å². The van der Waals surface area contributed by atoms with Crippen molar-refractivity contribution >= 4 is 5.97 Å². The van der Waals surface area contributed by atoms with Crippen molar-refractivity contribution in [1.82, 2.24) is 4.98 Å². The largest absolute Gasteiger partial charge is 0.574 e. The third kappa shape index (κ3) is 3.25. The Kier molecular flexibility index (Phi) is 4.00. The molecule has 0 aliphatic carbocycles. The number of hydrogen-bond acceptors (Lipinski definition) is 5. The molecule has 1 aromatic rings. The quantitative estimate of drug-likeness (QED) is 0.783. The third-order valence-electron chi connectivity index (χ3n) is 2.03. The molecule has 1 heterocycles. The molecule has 0 aliphatic heterocycles. The van der Waals surface area contributed by atoms with Crippen molar-refractivity contribution in [1.29, 1.82) is 0 Å². The van der Waals surface area contributed by atoms with Gasteiger partial charge in [-0.1, -0.05) is 0 Å². The zero-order valence-corrected chi connectivity index (χ0v) is 9.79. The Balaban J connectivity index is 3.29. The van der Waals surface area contributed by atoms with E-state index < -0.39 is 18.2 Å². The first-order chi connectivity index (χ1) is 8.28. The molecule has 0 radical (unpaired) electrons. The summed E-state index contributed by atoms with van der Waals surface area (Å²) < 4.78 is 49.3. The van der Waals surface area contributed by atoms with E-state index in [4.69, 9.17) is 4.74 Å². The summed E-state index contributed by atoms with van der Waals surface area (Å²) in [6.45, 7) is 1.26. The minimum atomic E-state index is -4.91. The van der Waals surface area contributed by atoms with Crippen molar-refractivity contribution in [2.45, 2.75) is 13.3 Å². The lowest BCUT2D eigenvalue weighted by Crippen LogP contribution is -2.20. The van der Waals surface area contributed by atoms with Gasteiger partial charge in [-0.05, 0) is 6.92 Å². The number of ether oxygens (including phenoxy) is 3. The number of pyridine rings is 1. The van der Waals surface area contributed by atoms with Crippen LogP contribution in [-0.4, -0.2) is 31.5 Å². The van der Waals surface area contributed by atoms with E-state index in [0.717, 1.165) is 7.11 Å². The molecule has 0 bridgehead atoms. The normalized spacial score (nSPS) is 11.0. The maximum absolute atomic E-state index is 12.2. The molecule has 1 rings (SSSR count). The highest BCUT2D eigenvalue weighted by atomic mass is 19.4. The number of carbonyl (C=O) groups is 1. The highest BCUT2D eigenvalue weighted by molar-refractivity contribution is 5.91. The molecule has 0 spiro atoms. The van der Waals surface area contributed by atoms with Crippen LogP contribution in [0.4, 0.5) is 13.2 Å². The molecule has 0 saturated heterocycles. The molecule has 0 atom stereocenters. The zero-order valence-electron chi connectivity index (χ0n) is 9.79. The second-order valence-corrected chi connectivity index (χ2v) is 3.18. The first kappa shape index (κ1) is 14.1. The van der Waals surface area contributed by atoms with Crippen LogP contribution in [0.5, 0.6) is 11.8 Å². The summed E-state index contributed by atoms with van der Waals surface area (Å²) in [5, 5.41) is 0. The minimum absolute atomic E-state index is 0.0834. The van der Waals surface area contributed by atoms with Gasteiger partial charge in [0, 0.05) is 11.6 Å². The van der Waals surface area contributed by atoms with Crippen molar-refractivity contribution in [3.63, 3.8) is 0 Å². The lowest BCUT2D eigenvalue weighted by Gasteiger charge is -2.13. The van der Waals surface area contributed by atoms with Crippen LogP contribution >= 0.6 is 0 Å². The summed E-state index contributed by atoms with van der Waals surface area (Å²) in [7, 11) is 2.31. The SMILES string of the molecule is COC(=O)c1cc(OC)nc(OC(F)(F)F)c1C. The first-order valence-corrected chi connectivity index (χ1v) is 4.68. The van der Waals surface area contributed by atoms with Crippen LogP contribution in [0.3, 0.4) is 0 Å². The molecule has 5 nitrogen and oxygen atoms in total. The van der Waals surface area contributed by atoms with E-state index >= 15 is 0 Å². The van der Waals surface area contributed by atoms with E-state index in [9.17, 15) is 18.0 Å². The van der Waals surface area contributed by atoms with Crippen LogP contribution in [0.1, 0.15) is 15.9 Å². The van der Waals surface area contributed by atoms with Crippen LogP contribution < -0.4 is 9.47 Å². The number of halogens is 3. The topological polar surface area (TPSA) is 57.7 Å². The predicted octanol–water partition coefficient (Wildman–Crippen LogP) is 2.08. The molecule has 100 valence electrons. The molecule has 0 amide bonds. The number of carbonyl (C=O) groups excluding carboxylic acids is 1. The van der Waals surface area contributed by atoms with Crippen LogP contribution in [0.25, 0.3) is 0 Å². The second-order valence-electron chi connectivity index (χ2n) is 3.18. The zero-order chi connectivity index (χ0) is 13.9. The Labute approximate surface area is 100 Å². The highest BCUT2D eigenvalue weighted by Crippen LogP contribution is 2.29. The number of esters is 1. The van der Waals surface area contributed by atoms with Gasteiger partial charge in [0.2, 0.25) is 11.8 Å². The number of hydrogen-bond donors (Lipinski definition) is 0. The van der Waals surface area contributed by atoms with Gasteiger partial charge in [-0.15, -0.1) is 13.2 Å². The monoisotopic (exact) mass is 265 g/mol. The minimum Gasteiger partial charge on any atom is -0.481 e. The Morgan fingerprint density at radius 1 is 1.33 bits per heavy atom. The van der Waals surface area contributed by atoms with E-state index in [0.29, 0.717) is 0 Å². The fourth-order valence-electron chi connectivity index (χ4n) is 1.20. The first-order valence-electron chi connectivity index (χ1n) is 4.68. The number of nitrogens with zero attached hydrogens (tertiary/aromatic N) is 1. The summed E-state index contributed by atoms with van der Waals surface area (Å²) in [5.74, 6) is -1.73. The van der Waals surface area contributed by atoms with Crippen molar-refractivity contribution in [2.75, 3.05) is 14.2 Å². The summed E-state index contributed by atoms with van der Waals surface area (Å²) in [4.78, 5) is 14.9. The lowest BCUT2D eigenvalue weighted by molar-refractivity contribution is -0.276. The molecule has 0 saturated carbocycles. The number of rotatable bonds is 3. The van der Waals surface area contributed by atoms with Crippen LogP contribution in [0.2, 0.25) is 0 Å². The second kappa shape index (κ2) is 5.11. The van der Waals surface area contributed by atoms with E-state index in [1.165, 1.54) is 20.1 Å². The van der Waals surface area contributed by atoms with Gasteiger partial charge in [0.1, 0.15) is 0 Å². The van der Waals surface area contributed by atoms with Crippen LogP contribution in [-0.2, 0) is 4.74 Å². The molecule has 0 N–H and O–H groups in total. The Bertz CT molecular complexity index is 459. The van der Waals surface area contributed by atoms with Gasteiger partial charge in [0.05, 0.1) is 19.8 Å². The molecule has 0 aliphatic rings. The van der Waals surface area contributed by atoms with Crippen molar-refractivity contribution in [3.05, 3.63) is 17.2 Å². The fraction of sp³-hybridized carbons (Fsp3) is 0.400. The van der Waals surface area contributed by atoms with Gasteiger partial charge in [-0.25, -0.2) is 4.79 Å². The highest BCUT2D eigenvalue weighted by Gasteiger charge is 2.33. The number of alkyl halides is 3. The van der Waals surface area contributed by atoms with Crippen molar-refractivity contribution in [3.8, 4) is 11.8 Å². The molecule has 0 aromatic carbocycles. The summed E-state index contributed by atoms with van der Waals surface area (Å²) >= 11 is 0. The molecule has 18 heavy (non-hydrogen) atoms. The van der Waals surface area contributed by atoms with Crippen LogP contribution in [0.15, 0.2) is 6.07 Å². The average Bonchev–Trinajstić information content (AvgIpc) is 2.29. The third-order valence-corrected chi connectivity index (χ3v) is 2.03. The molecule has 1 aromatic heterocycles. The Morgan fingerprint density at radius 2 is 1.94 bits per heavy atom. The van der Waals surface area contributed by atoms with Gasteiger partial charge in [-0.2, -0.15) is 4.98 Å². The van der Waals surface area contributed by atoms with Gasteiger partial charge in [0.15, 0.2) is 0 Å².